The van der Waals surface area contributed by atoms with E-state index >= 15 is 0 Å². The third kappa shape index (κ3) is 8.51. The van der Waals surface area contributed by atoms with Crippen molar-refractivity contribution >= 4 is 17.5 Å². The molecule has 2 N–H and O–H groups in total. The molecule has 4 heterocycles. The van der Waals surface area contributed by atoms with Gasteiger partial charge in [-0.3, -0.25) is 14.6 Å². The molecule has 2 fully saturated rings. The number of pyridine rings is 1. The average Bonchev–Trinajstić information content (AvgIpc) is 3.75. The van der Waals surface area contributed by atoms with Crippen molar-refractivity contribution in [2.24, 2.45) is 0 Å². The van der Waals surface area contributed by atoms with Crippen molar-refractivity contribution in [2.45, 2.75) is 70.9 Å². The molecular formula is C39H48N8O4. The van der Waals surface area contributed by atoms with E-state index < -0.39 is 0 Å². The van der Waals surface area contributed by atoms with Crippen LogP contribution in [0.25, 0.3) is 22.7 Å². The molecule has 12 heteroatoms. The number of carbonyl (C=O) groups is 1. The Labute approximate surface area is 299 Å². The van der Waals surface area contributed by atoms with Gasteiger partial charge in [-0.15, -0.1) is 10.2 Å². The Bertz CT molecular complexity index is 1930. The second-order valence-electron chi connectivity index (χ2n) is 14.5. The minimum absolute atomic E-state index is 0.0454. The lowest BCUT2D eigenvalue weighted by atomic mass is 9.92. The molecule has 1 saturated carbocycles. The summed E-state index contributed by atoms with van der Waals surface area (Å²) in [5, 5.41) is 20.0. The van der Waals surface area contributed by atoms with Crippen LogP contribution in [0.5, 0.6) is 11.5 Å². The highest BCUT2D eigenvalue weighted by atomic mass is 16.5. The van der Waals surface area contributed by atoms with Crippen LogP contribution in [0, 0.1) is 6.92 Å². The number of nitrogens with zero attached hydrogens (tertiary/aromatic N) is 6. The number of carbonyl (C=O) groups excluding carboxylic acids is 1. The number of fused-ring (bicyclic) bond motifs is 1. The number of urea groups is 1. The van der Waals surface area contributed by atoms with Crippen molar-refractivity contribution in [1.29, 1.82) is 0 Å². The zero-order valence-electron chi connectivity index (χ0n) is 30.0. The molecular weight excluding hydrogens is 644 g/mol. The van der Waals surface area contributed by atoms with E-state index in [1.165, 1.54) is 5.56 Å². The van der Waals surface area contributed by atoms with Gasteiger partial charge in [-0.05, 0) is 69.0 Å². The van der Waals surface area contributed by atoms with Crippen molar-refractivity contribution in [1.82, 2.24) is 34.6 Å². The summed E-state index contributed by atoms with van der Waals surface area (Å²) in [5.74, 6) is 2.93. The highest BCUT2D eigenvalue weighted by molar-refractivity contribution is 5.89. The predicted octanol–water partition coefficient (Wildman–Crippen LogP) is 6.41. The molecule has 0 radical (unpaired) electrons. The highest BCUT2D eigenvalue weighted by Gasteiger charge is 2.26. The van der Waals surface area contributed by atoms with Gasteiger partial charge in [0.15, 0.2) is 11.5 Å². The van der Waals surface area contributed by atoms with Gasteiger partial charge in [0.2, 0.25) is 0 Å². The van der Waals surface area contributed by atoms with E-state index in [4.69, 9.17) is 19.3 Å². The van der Waals surface area contributed by atoms with Gasteiger partial charge >= 0.3 is 6.03 Å². The number of aryl methyl sites for hydroxylation is 1. The van der Waals surface area contributed by atoms with Gasteiger partial charge in [0, 0.05) is 42.7 Å². The minimum Gasteiger partial charge on any atom is -0.492 e. The molecule has 7 rings (SSSR count). The number of benzene rings is 2. The summed E-state index contributed by atoms with van der Waals surface area (Å²) in [6.45, 7) is 13.3. The van der Waals surface area contributed by atoms with Gasteiger partial charge in [0.05, 0.1) is 36.9 Å². The lowest BCUT2D eigenvalue weighted by molar-refractivity contribution is 0.0322. The predicted molar refractivity (Wildman–Crippen MR) is 197 cm³/mol. The van der Waals surface area contributed by atoms with Crippen LogP contribution in [-0.2, 0) is 10.2 Å². The molecule has 12 nitrogen and oxygen atoms in total. The topological polar surface area (TPSA) is 120 Å². The number of amides is 2. The van der Waals surface area contributed by atoms with Crippen LogP contribution in [-0.4, -0.2) is 86.9 Å². The summed E-state index contributed by atoms with van der Waals surface area (Å²) in [7, 11) is 0. The summed E-state index contributed by atoms with van der Waals surface area (Å²) in [4.78, 5) is 15.6. The van der Waals surface area contributed by atoms with Crippen LogP contribution >= 0.6 is 0 Å². The number of ether oxygens (including phenoxy) is 3. The maximum absolute atomic E-state index is 13.2. The van der Waals surface area contributed by atoms with Crippen molar-refractivity contribution in [3.8, 4) is 28.6 Å². The fraction of sp³-hybridized carbons (Fsp3) is 0.436. The van der Waals surface area contributed by atoms with E-state index in [0.29, 0.717) is 12.4 Å². The summed E-state index contributed by atoms with van der Waals surface area (Å²) >= 11 is 0. The molecule has 2 aliphatic rings. The smallest absolute Gasteiger partial charge is 0.320 e. The quantitative estimate of drug-likeness (QED) is 0.172. The molecule has 1 saturated heterocycles. The number of nitrogens with one attached hydrogen (secondary N) is 2. The number of morpholine rings is 1. The molecule has 3 aromatic heterocycles. The molecule has 0 bridgehead atoms. The Morgan fingerprint density at radius 1 is 0.941 bits per heavy atom. The van der Waals surface area contributed by atoms with Crippen LogP contribution in [0.2, 0.25) is 0 Å². The maximum Gasteiger partial charge on any atom is 0.320 e. The molecule has 2 aromatic carbocycles. The Morgan fingerprint density at radius 2 is 1.73 bits per heavy atom. The number of rotatable bonds is 10. The van der Waals surface area contributed by atoms with Crippen molar-refractivity contribution in [3.05, 3.63) is 84.2 Å². The van der Waals surface area contributed by atoms with E-state index in [0.717, 1.165) is 98.4 Å². The lowest BCUT2D eigenvalue weighted by Crippen LogP contribution is -2.42. The Hall–Kier alpha value is -4.94. The zero-order valence-corrected chi connectivity index (χ0v) is 30.0. The second-order valence-corrected chi connectivity index (χ2v) is 14.5. The lowest BCUT2D eigenvalue weighted by Gasteiger charge is -2.29. The van der Waals surface area contributed by atoms with Crippen LogP contribution in [0.3, 0.4) is 0 Å². The minimum atomic E-state index is -0.231. The van der Waals surface area contributed by atoms with Crippen molar-refractivity contribution < 1.29 is 19.0 Å². The Balaban J connectivity index is 0.937. The average molecular weight is 693 g/mol. The van der Waals surface area contributed by atoms with Crippen molar-refractivity contribution in [2.75, 3.05) is 44.8 Å². The number of anilines is 1. The van der Waals surface area contributed by atoms with Gasteiger partial charge in [-0.2, -0.15) is 5.10 Å². The summed E-state index contributed by atoms with van der Waals surface area (Å²) in [6.07, 6.45) is 5.30. The van der Waals surface area contributed by atoms with Crippen LogP contribution in [0.1, 0.15) is 57.7 Å². The van der Waals surface area contributed by atoms with Gasteiger partial charge in [0.25, 0.3) is 0 Å². The third-order valence-electron chi connectivity index (χ3n) is 9.56. The van der Waals surface area contributed by atoms with E-state index in [1.807, 2.05) is 77.3 Å². The van der Waals surface area contributed by atoms with E-state index in [1.54, 1.807) is 4.68 Å². The number of hydrogen-bond donors (Lipinski definition) is 2. The first-order chi connectivity index (χ1) is 24.7. The largest absolute Gasteiger partial charge is 0.492 e. The summed E-state index contributed by atoms with van der Waals surface area (Å²) in [5.41, 5.74) is 4.48. The van der Waals surface area contributed by atoms with Gasteiger partial charge in [0.1, 0.15) is 23.9 Å². The summed E-state index contributed by atoms with van der Waals surface area (Å²) in [6, 6.07) is 21.8. The molecule has 1 aliphatic carbocycles. The monoisotopic (exact) mass is 692 g/mol. The fourth-order valence-electron chi connectivity index (χ4n) is 6.55. The Kier molecular flexibility index (Phi) is 10.2. The first kappa shape index (κ1) is 34.5. The molecule has 0 spiro atoms. The van der Waals surface area contributed by atoms with Crippen LogP contribution in [0.15, 0.2) is 72.9 Å². The number of aromatic nitrogens is 5. The van der Waals surface area contributed by atoms with Crippen LogP contribution in [0.4, 0.5) is 10.6 Å². The van der Waals surface area contributed by atoms with Crippen molar-refractivity contribution in [3.63, 3.8) is 0 Å². The molecule has 0 atom stereocenters. The van der Waals surface area contributed by atoms with E-state index in [9.17, 15) is 4.79 Å². The van der Waals surface area contributed by atoms with Gasteiger partial charge < -0.3 is 19.5 Å². The molecule has 2 amide bonds. The van der Waals surface area contributed by atoms with E-state index in [2.05, 4.69) is 53.4 Å². The standard InChI is InChI=1S/C39H48N8O4/c1-27-8-12-30(13-9-27)47-36(25-34(44-47)39(2,3)4)41-38(48)40-29-10-14-31(15-11-29)51-33-16-17-35-42-43-37(46(35)26-33)28-6-5-7-32(24-28)50-23-20-45-18-21-49-22-19-45/h5-9,12-13,16-17,24-26,29,31H,10-11,14-15,18-23H2,1-4H3,(H2,40,41,48)/t29-,31-. The first-order valence-electron chi connectivity index (χ1n) is 18.0. The molecule has 1 aliphatic heterocycles. The third-order valence-corrected chi connectivity index (χ3v) is 9.56. The molecule has 51 heavy (non-hydrogen) atoms. The molecule has 268 valence electrons. The van der Waals surface area contributed by atoms with Gasteiger partial charge in [-0.25, -0.2) is 9.48 Å². The first-order valence-corrected chi connectivity index (χ1v) is 18.0. The van der Waals surface area contributed by atoms with Gasteiger partial charge in [-0.1, -0.05) is 50.6 Å². The zero-order chi connectivity index (χ0) is 35.4. The normalized spacial score (nSPS) is 18.4. The Morgan fingerprint density at radius 3 is 2.49 bits per heavy atom. The maximum atomic E-state index is 13.2. The SMILES string of the molecule is Cc1ccc(-n2nc(C(C)(C)C)cc2NC(=O)N[C@H]2CC[C@H](Oc3ccc4nnc(-c5cccc(OCCN6CCOCC6)c5)n4c3)CC2)cc1. The van der Waals surface area contributed by atoms with Crippen LogP contribution < -0.4 is 20.1 Å². The number of hydrogen-bond acceptors (Lipinski definition) is 8. The fourth-order valence-corrected chi connectivity index (χ4v) is 6.55. The summed E-state index contributed by atoms with van der Waals surface area (Å²) < 4.78 is 21.8. The second kappa shape index (κ2) is 15.1. The highest BCUT2D eigenvalue weighted by Crippen LogP contribution is 2.29. The molecule has 0 unspecified atom stereocenters. The molecule has 5 aromatic rings. The van der Waals surface area contributed by atoms with E-state index in [-0.39, 0.29) is 23.6 Å².